The lowest BCUT2D eigenvalue weighted by Gasteiger charge is -2.06. The van der Waals surface area contributed by atoms with Gasteiger partial charge in [-0.3, -0.25) is 9.52 Å². The number of benzene rings is 2. The minimum atomic E-state index is -3.35. The number of aryl methyl sites for hydroxylation is 1. The molecule has 0 amide bonds. The molecule has 0 aliphatic heterocycles. The fourth-order valence-corrected chi connectivity index (χ4v) is 2.42. The van der Waals surface area contributed by atoms with Gasteiger partial charge < -0.3 is 0 Å². The molecular formula is C15H14FNO3S. The largest absolute Gasteiger partial charge is 0.289 e. The van der Waals surface area contributed by atoms with Gasteiger partial charge in [-0.2, -0.15) is 0 Å². The van der Waals surface area contributed by atoms with Crippen LogP contribution in [-0.4, -0.2) is 20.5 Å². The Kier molecular flexibility index (Phi) is 4.09. The minimum Gasteiger partial charge on any atom is -0.289 e. The Hall–Kier alpha value is -2.21. The van der Waals surface area contributed by atoms with Crippen LogP contribution in [0.2, 0.25) is 0 Å². The van der Waals surface area contributed by atoms with E-state index in [1.807, 2.05) is 0 Å². The molecule has 4 nitrogen and oxygen atoms in total. The van der Waals surface area contributed by atoms with Crippen molar-refractivity contribution in [2.45, 2.75) is 6.92 Å². The van der Waals surface area contributed by atoms with Gasteiger partial charge in [-0.05, 0) is 55.0 Å². The number of carbonyl (C=O) groups excluding carboxylic acids is 1. The van der Waals surface area contributed by atoms with Crippen molar-refractivity contribution in [3.63, 3.8) is 0 Å². The summed E-state index contributed by atoms with van der Waals surface area (Å²) < 4.78 is 37.7. The van der Waals surface area contributed by atoms with E-state index in [4.69, 9.17) is 0 Å². The van der Waals surface area contributed by atoms with Gasteiger partial charge in [0, 0.05) is 16.8 Å². The predicted octanol–water partition coefficient (Wildman–Crippen LogP) is 2.74. The van der Waals surface area contributed by atoms with E-state index < -0.39 is 10.0 Å². The van der Waals surface area contributed by atoms with Crippen LogP contribution in [0.3, 0.4) is 0 Å². The average Bonchev–Trinajstić information content (AvgIpc) is 2.40. The zero-order valence-corrected chi connectivity index (χ0v) is 12.4. The summed E-state index contributed by atoms with van der Waals surface area (Å²) in [5.74, 6) is -0.608. The molecular weight excluding hydrogens is 293 g/mol. The molecule has 2 aromatic carbocycles. The third-order valence-electron chi connectivity index (χ3n) is 2.87. The van der Waals surface area contributed by atoms with Crippen molar-refractivity contribution in [1.82, 2.24) is 0 Å². The maximum absolute atomic E-state index is 13.2. The number of carbonyl (C=O) groups is 1. The van der Waals surface area contributed by atoms with Crippen molar-refractivity contribution >= 4 is 21.5 Å². The summed E-state index contributed by atoms with van der Waals surface area (Å²) in [5.41, 5.74) is 1.57. The maximum atomic E-state index is 13.2. The van der Waals surface area contributed by atoms with E-state index in [-0.39, 0.29) is 11.6 Å². The Morgan fingerprint density at radius 1 is 1.05 bits per heavy atom. The monoisotopic (exact) mass is 307 g/mol. The number of halogens is 1. The first-order chi connectivity index (χ1) is 9.76. The van der Waals surface area contributed by atoms with Crippen molar-refractivity contribution < 1.29 is 17.6 Å². The summed E-state index contributed by atoms with van der Waals surface area (Å²) in [4.78, 5) is 12.2. The Balaban J connectivity index is 2.25. The third-order valence-corrected chi connectivity index (χ3v) is 3.48. The van der Waals surface area contributed by atoms with Crippen molar-refractivity contribution in [3.8, 4) is 0 Å². The molecule has 0 aromatic heterocycles. The van der Waals surface area contributed by atoms with Crippen LogP contribution in [0, 0.1) is 12.7 Å². The molecule has 0 fully saturated rings. The van der Waals surface area contributed by atoms with E-state index in [9.17, 15) is 17.6 Å². The second-order valence-electron chi connectivity index (χ2n) is 4.74. The van der Waals surface area contributed by atoms with E-state index in [2.05, 4.69) is 4.72 Å². The molecule has 0 radical (unpaired) electrons. The van der Waals surface area contributed by atoms with Crippen LogP contribution in [-0.2, 0) is 10.0 Å². The number of anilines is 1. The normalized spacial score (nSPS) is 11.2. The summed E-state index contributed by atoms with van der Waals surface area (Å²) in [7, 11) is -3.35. The molecule has 0 atom stereocenters. The highest BCUT2D eigenvalue weighted by Gasteiger charge is 2.11. The number of ketones is 1. The van der Waals surface area contributed by atoms with Gasteiger partial charge >= 0.3 is 0 Å². The lowest BCUT2D eigenvalue weighted by Crippen LogP contribution is -2.09. The molecule has 2 aromatic rings. The zero-order chi connectivity index (χ0) is 15.6. The van der Waals surface area contributed by atoms with Crippen LogP contribution in [0.4, 0.5) is 10.1 Å². The summed E-state index contributed by atoms with van der Waals surface area (Å²) in [6.07, 6.45) is 1.05. The molecule has 0 spiro atoms. The van der Waals surface area contributed by atoms with Gasteiger partial charge in [-0.1, -0.05) is 0 Å². The number of hydrogen-bond donors (Lipinski definition) is 1. The molecule has 0 aliphatic rings. The molecule has 21 heavy (non-hydrogen) atoms. The first kappa shape index (κ1) is 15.2. The van der Waals surface area contributed by atoms with Crippen LogP contribution >= 0.6 is 0 Å². The second-order valence-corrected chi connectivity index (χ2v) is 6.49. The van der Waals surface area contributed by atoms with Crippen molar-refractivity contribution in [3.05, 3.63) is 65.0 Å². The fraction of sp³-hybridized carbons (Fsp3) is 0.133. The van der Waals surface area contributed by atoms with Crippen molar-refractivity contribution in [2.75, 3.05) is 11.0 Å². The van der Waals surface area contributed by atoms with Crippen LogP contribution < -0.4 is 4.72 Å². The summed E-state index contributed by atoms with van der Waals surface area (Å²) >= 11 is 0. The Morgan fingerprint density at radius 2 is 1.62 bits per heavy atom. The zero-order valence-electron chi connectivity index (χ0n) is 11.6. The van der Waals surface area contributed by atoms with E-state index in [0.717, 1.165) is 6.26 Å². The molecule has 0 saturated carbocycles. The van der Waals surface area contributed by atoms with Crippen molar-refractivity contribution in [2.24, 2.45) is 0 Å². The Bertz CT molecular complexity index is 783. The summed E-state index contributed by atoms with van der Waals surface area (Å²) in [6.45, 7) is 1.59. The smallest absolute Gasteiger partial charge is 0.229 e. The highest BCUT2D eigenvalue weighted by molar-refractivity contribution is 7.92. The molecule has 0 bridgehead atoms. The first-order valence-electron chi connectivity index (χ1n) is 6.15. The average molecular weight is 307 g/mol. The maximum Gasteiger partial charge on any atom is 0.229 e. The molecule has 0 unspecified atom stereocenters. The number of hydrogen-bond acceptors (Lipinski definition) is 3. The first-order valence-corrected chi connectivity index (χ1v) is 8.04. The Morgan fingerprint density at radius 3 is 2.14 bits per heavy atom. The van der Waals surface area contributed by atoms with E-state index in [0.29, 0.717) is 22.4 Å². The van der Waals surface area contributed by atoms with Gasteiger partial charge in [0.05, 0.1) is 6.26 Å². The van der Waals surface area contributed by atoms with Gasteiger partial charge in [0.2, 0.25) is 10.0 Å². The highest BCUT2D eigenvalue weighted by Crippen LogP contribution is 2.16. The summed E-state index contributed by atoms with van der Waals surface area (Å²) in [6, 6.07) is 10.2. The van der Waals surface area contributed by atoms with Gasteiger partial charge in [0.1, 0.15) is 5.82 Å². The van der Waals surface area contributed by atoms with Crippen molar-refractivity contribution in [1.29, 1.82) is 0 Å². The minimum absolute atomic E-state index is 0.246. The van der Waals surface area contributed by atoms with Gasteiger partial charge in [-0.15, -0.1) is 0 Å². The molecule has 0 saturated heterocycles. The van der Waals surface area contributed by atoms with Crippen LogP contribution in [0.5, 0.6) is 0 Å². The Labute approximate surface area is 122 Å². The van der Waals surface area contributed by atoms with Crippen LogP contribution in [0.15, 0.2) is 42.5 Å². The quantitative estimate of drug-likeness (QED) is 0.883. The predicted molar refractivity (Wildman–Crippen MR) is 79.5 cm³/mol. The van der Waals surface area contributed by atoms with Gasteiger partial charge in [-0.25, -0.2) is 12.8 Å². The highest BCUT2D eigenvalue weighted by atomic mass is 32.2. The molecule has 1 N–H and O–H groups in total. The number of rotatable bonds is 4. The fourth-order valence-electron chi connectivity index (χ4n) is 1.86. The lowest BCUT2D eigenvalue weighted by molar-refractivity contribution is 0.103. The molecule has 0 aliphatic carbocycles. The standard InChI is InChI=1S/C15H14FNO3S/c1-10-9-12(5-8-14(10)16)15(18)11-3-6-13(7-4-11)17-21(2,19)20/h3-9,17H,1-2H3. The number of nitrogens with one attached hydrogen (secondary N) is 1. The van der Waals surface area contributed by atoms with Gasteiger partial charge in [0.15, 0.2) is 5.78 Å². The lowest BCUT2D eigenvalue weighted by atomic mass is 10.0. The topological polar surface area (TPSA) is 63.2 Å². The number of sulfonamides is 1. The van der Waals surface area contributed by atoms with E-state index >= 15 is 0 Å². The van der Waals surface area contributed by atoms with Crippen LogP contribution in [0.1, 0.15) is 21.5 Å². The van der Waals surface area contributed by atoms with E-state index in [1.54, 1.807) is 6.92 Å². The second kappa shape index (κ2) is 5.65. The van der Waals surface area contributed by atoms with E-state index in [1.165, 1.54) is 42.5 Å². The molecule has 0 heterocycles. The summed E-state index contributed by atoms with van der Waals surface area (Å²) in [5, 5.41) is 0. The SMILES string of the molecule is Cc1cc(C(=O)c2ccc(NS(C)(=O)=O)cc2)ccc1F. The molecule has 110 valence electrons. The van der Waals surface area contributed by atoms with Gasteiger partial charge in [0.25, 0.3) is 0 Å². The third kappa shape index (κ3) is 3.88. The molecule has 6 heteroatoms. The van der Waals surface area contributed by atoms with Crippen LogP contribution in [0.25, 0.3) is 0 Å². The molecule has 2 rings (SSSR count).